The van der Waals surface area contributed by atoms with Crippen molar-refractivity contribution in [2.75, 3.05) is 18.0 Å². The molecule has 1 fully saturated rings. The van der Waals surface area contributed by atoms with Gasteiger partial charge in [-0.3, -0.25) is 9.59 Å². The molecule has 1 atom stereocenters. The largest absolute Gasteiger partial charge is 0.467 e. The maximum Gasteiger partial charge on any atom is 0.232 e. The molecule has 0 N–H and O–H groups in total. The highest BCUT2D eigenvalue weighted by Crippen LogP contribution is 2.31. The van der Waals surface area contributed by atoms with E-state index >= 15 is 0 Å². The van der Waals surface area contributed by atoms with E-state index < -0.39 is 0 Å². The number of rotatable bonds is 3. The Morgan fingerprint density at radius 3 is 2.91 bits per heavy atom. The van der Waals surface area contributed by atoms with Gasteiger partial charge in [0.2, 0.25) is 11.8 Å². The smallest absolute Gasteiger partial charge is 0.232 e. The lowest BCUT2D eigenvalue weighted by Gasteiger charge is -2.21. The average molecular weight is 310 g/mol. The number of carbonyl (C=O) groups excluding carboxylic acids is 2. The standard InChI is InChI=1S/C18H18N2O3/c21-17-10-14(11-19(17)12-15-5-3-9-23-15)18(22)20-8-7-13-4-1-2-6-16(13)20/h1-6,9,14H,7-8,10-12H2/t14-/m0/s1. The lowest BCUT2D eigenvalue weighted by atomic mass is 10.1. The number of hydrogen-bond donors (Lipinski definition) is 0. The number of amides is 2. The molecule has 0 unspecified atom stereocenters. The average Bonchev–Trinajstić information content (AvgIpc) is 3.28. The molecule has 0 aliphatic carbocycles. The zero-order valence-corrected chi connectivity index (χ0v) is 12.8. The predicted molar refractivity (Wildman–Crippen MR) is 84.7 cm³/mol. The molecule has 3 heterocycles. The molecule has 1 saturated heterocycles. The molecule has 2 amide bonds. The van der Waals surface area contributed by atoms with E-state index in [1.54, 1.807) is 17.2 Å². The third-order valence-corrected chi connectivity index (χ3v) is 4.64. The van der Waals surface area contributed by atoms with Crippen molar-refractivity contribution in [1.82, 2.24) is 4.90 Å². The van der Waals surface area contributed by atoms with Crippen molar-refractivity contribution in [3.63, 3.8) is 0 Å². The lowest BCUT2D eigenvalue weighted by Crippen LogP contribution is -2.36. The summed E-state index contributed by atoms with van der Waals surface area (Å²) in [5.74, 6) is 0.569. The van der Waals surface area contributed by atoms with Crippen molar-refractivity contribution in [1.29, 1.82) is 0 Å². The Labute approximate surface area is 134 Å². The van der Waals surface area contributed by atoms with Crippen LogP contribution in [0.25, 0.3) is 0 Å². The highest BCUT2D eigenvalue weighted by Gasteiger charge is 2.38. The first-order chi connectivity index (χ1) is 11.2. The maximum atomic E-state index is 12.8. The number of carbonyl (C=O) groups is 2. The number of anilines is 1. The van der Waals surface area contributed by atoms with E-state index in [0.717, 1.165) is 17.9 Å². The molecule has 2 aromatic rings. The van der Waals surface area contributed by atoms with Gasteiger partial charge in [0.25, 0.3) is 0 Å². The fraction of sp³-hybridized carbons (Fsp3) is 0.333. The Balaban J connectivity index is 1.47. The first-order valence-electron chi connectivity index (χ1n) is 7.92. The normalized spacial score (nSPS) is 20.2. The van der Waals surface area contributed by atoms with Crippen molar-refractivity contribution >= 4 is 17.5 Å². The fourth-order valence-corrected chi connectivity index (χ4v) is 3.47. The van der Waals surface area contributed by atoms with Gasteiger partial charge < -0.3 is 14.2 Å². The molecule has 2 aliphatic heterocycles. The summed E-state index contributed by atoms with van der Waals surface area (Å²) in [6, 6.07) is 11.6. The van der Waals surface area contributed by atoms with Gasteiger partial charge >= 0.3 is 0 Å². The van der Waals surface area contributed by atoms with Gasteiger partial charge in [0.15, 0.2) is 0 Å². The summed E-state index contributed by atoms with van der Waals surface area (Å²) in [7, 11) is 0. The van der Waals surface area contributed by atoms with Crippen LogP contribution in [0.15, 0.2) is 47.1 Å². The Morgan fingerprint density at radius 1 is 1.22 bits per heavy atom. The molecular formula is C18H18N2O3. The number of benzene rings is 1. The van der Waals surface area contributed by atoms with Gasteiger partial charge in [0.05, 0.1) is 18.7 Å². The van der Waals surface area contributed by atoms with Crippen molar-refractivity contribution in [3.8, 4) is 0 Å². The van der Waals surface area contributed by atoms with Crippen molar-refractivity contribution in [2.45, 2.75) is 19.4 Å². The van der Waals surface area contributed by atoms with E-state index in [4.69, 9.17) is 4.42 Å². The predicted octanol–water partition coefficient (Wildman–Crippen LogP) is 2.22. The van der Waals surface area contributed by atoms with E-state index in [2.05, 4.69) is 6.07 Å². The van der Waals surface area contributed by atoms with E-state index in [1.165, 1.54) is 5.56 Å². The molecule has 118 valence electrons. The van der Waals surface area contributed by atoms with Crippen molar-refractivity contribution in [3.05, 3.63) is 54.0 Å². The van der Waals surface area contributed by atoms with Crippen LogP contribution in [0.2, 0.25) is 0 Å². The summed E-state index contributed by atoms with van der Waals surface area (Å²) in [6.45, 7) is 1.62. The van der Waals surface area contributed by atoms with Gasteiger partial charge in [0, 0.05) is 25.2 Å². The lowest BCUT2D eigenvalue weighted by molar-refractivity contribution is -0.129. The Bertz CT molecular complexity index is 738. The monoisotopic (exact) mass is 310 g/mol. The van der Waals surface area contributed by atoms with Crippen LogP contribution in [-0.4, -0.2) is 29.8 Å². The summed E-state index contributed by atoms with van der Waals surface area (Å²) in [6.07, 6.45) is 2.77. The molecule has 1 aromatic heterocycles. The van der Waals surface area contributed by atoms with E-state index in [-0.39, 0.29) is 24.2 Å². The van der Waals surface area contributed by atoms with Gasteiger partial charge in [-0.25, -0.2) is 0 Å². The zero-order chi connectivity index (χ0) is 15.8. The van der Waals surface area contributed by atoms with Gasteiger partial charge in [-0.2, -0.15) is 0 Å². The summed E-state index contributed by atoms with van der Waals surface area (Å²) in [5.41, 5.74) is 2.20. The minimum absolute atomic E-state index is 0.0206. The van der Waals surface area contributed by atoms with E-state index in [9.17, 15) is 9.59 Å². The van der Waals surface area contributed by atoms with Gasteiger partial charge in [-0.05, 0) is 30.2 Å². The van der Waals surface area contributed by atoms with Crippen molar-refractivity contribution in [2.24, 2.45) is 5.92 Å². The van der Waals surface area contributed by atoms with Crippen LogP contribution in [0.1, 0.15) is 17.7 Å². The number of para-hydroxylation sites is 1. The molecule has 0 radical (unpaired) electrons. The maximum absolute atomic E-state index is 12.8. The Morgan fingerprint density at radius 2 is 2.09 bits per heavy atom. The SMILES string of the molecule is O=C1C[C@H](C(=O)N2CCc3ccccc32)CN1Cc1ccco1. The number of nitrogens with zero attached hydrogens (tertiary/aromatic N) is 2. The van der Waals surface area contributed by atoms with Crippen LogP contribution >= 0.6 is 0 Å². The summed E-state index contributed by atoms with van der Waals surface area (Å²) < 4.78 is 5.30. The third kappa shape index (κ3) is 2.52. The van der Waals surface area contributed by atoms with Crippen LogP contribution in [0, 0.1) is 5.92 Å². The second-order valence-corrected chi connectivity index (χ2v) is 6.12. The second-order valence-electron chi connectivity index (χ2n) is 6.12. The fourth-order valence-electron chi connectivity index (χ4n) is 3.47. The van der Waals surface area contributed by atoms with Crippen LogP contribution in [0.5, 0.6) is 0 Å². The number of fused-ring (bicyclic) bond motifs is 1. The first-order valence-corrected chi connectivity index (χ1v) is 7.92. The molecule has 0 spiro atoms. The minimum Gasteiger partial charge on any atom is -0.467 e. The van der Waals surface area contributed by atoms with Crippen molar-refractivity contribution < 1.29 is 14.0 Å². The summed E-state index contributed by atoms with van der Waals surface area (Å²) >= 11 is 0. The van der Waals surface area contributed by atoms with E-state index in [0.29, 0.717) is 19.6 Å². The summed E-state index contributed by atoms with van der Waals surface area (Å²) in [5, 5.41) is 0. The quantitative estimate of drug-likeness (QED) is 0.873. The molecule has 4 rings (SSSR count). The number of hydrogen-bond acceptors (Lipinski definition) is 3. The Kier molecular flexibility index (Phi) is 3.41. The molecule has 5 heteroatoms. The molecule has 1 aromatic carbocycles. The topological polar surface area (TPSA) is 53.8 Å². The van der Waals surface area contributed by atoms with Crippen LogP contribution in [0.3, 0.4) is 0 Å². The Hall–Kier alpha value is -2.56. The molecule has 0 bridgehead atoms. The van der Waals surface area contributed by atoms with Crippen LogP contribution < -0.4 is 4.90 Å². The van der Waals surface area contributed by atoms with Gasteiger partial charge in [0.1, 0.15) is 5.76 Å². The first kappa shape index (κ1) is 14.1. The molecule has 2 aliphatic rings. The van der Waals surface area contributed by atoms with Gasteiger partial charge in [-0.1, -0.05) is 18.2 Å². The number of furan rings is 1. The second kappa shape index (κ2) is 5.57. The van der Waals surface area contributed by atoms with E-state index in [1.807, 2.05) is 29.2 Å². The highest BCUT2D eigenvalue weighted by molar-refractivity contribution is 6.00. The third-order valence-electron chi connectivity index (χ3n) is 4.64. The minimum atomic E-state index is -0.261. The molecule has 23 heavy (non-hydrogen) atoms. The number of likely N-dealkylation sites (tertiary alicyclic amines) is 1. The molecule has 5 nitrogen and oxygen atoms in total. The highest BCUT2D eigenvalue weighted by atomic mass is 16.3. The summed E-state index contributed by atoms with van der Waals surface area (Å²) in [4.78, 5) is 28.6. The molecular weight excluding hydrogens is 292 g/mol. The van der Waals surface area contributed by atoms with Gasteiger partial charge in [-0.15, -0.1) is 0 Å². The zero-order valence-electron chi connectivity index (χ0n) is 12.8. The van der Waals surface area contributed by atoms with Crippen LogP contribution in [-0.2, 0) is 22.6 Å². The molecule has 0 saturated carbocycles. The van der Waals surface area contributed by atoms with Crippen LogP contribution in [0.4, 0.5) is 5.69 Å².